The van der Waals surface area contributed by atoms with Gasteiger partial charge in [-0.1, -0.05) is 0 Å². The normalized spacial score (nSPS) is 10.2. The Hall–Kier alpha value is 2.01. The van der Waals surface area contributed by atoms with Gasteiger partial charge in [-0.25, -0.2) is 0 Å². The van der Waals surface area contributed by atoms with E-state index in [0.717, 1.165) is 0 Å². The summed E-state index contributed by atoms with van der Waals surface area (Å²) in [6.07, 6.45) is 0. The molecule has 0 aliphatic carbocycles. The zero-order valence-electron chi connectivity index (χ0n) is 7.09. The topological polar surface area (TPSA) is 241 Å². The summed E-state index contributed by atoms with van der Waals surface area (Å²) in [4.78, 5) is 0. The molecule has 0 aliphatic rings. The molecule has 0 fully saturated rings. The van der Waals surface area contributed by atoms with E-state index in [-0.39, 0.29) is 57.5 Å². The van der Waals surface area contributed by atoms with Crippen LogP contribution < -0.4 is 25.1 Å². The van der Waals surface area contributed by atoms with Crippen molar-refractivity contribution in [3.8, 4) is 0 Å². The van der Waals surface area contributed by atoms with Crippen LogP contribution in [0.4, 0.5) is 0 Å². The van der Waals surface area contributed by atoms with Gasteiger partial charge in [-0.2, -0.15) is 0 Å². The average Bonchev–Trinajstić information content (AvgIpc) is 1.41. The molecule has 0 spiro atoms. The fourth-order valence-electron chi connectivity index (χ4n) is 0. The fraction of sp³-hybridized carbons (Fsp3) is 0. The minimum atomic E-state index is -5.62. The van der Waals surface area contributed by atoms with Crippen molar-refractivity contribution in [3.63, 3.8) is 0 Å². The molecule has 0 aliphatic heterocycles. The fourth-order valence-corrected chi connectivity index (χ4v) is 0. The smallest absolute Gasteiger partial charge is 4.00 e. The monoisotopic (exact) mass is 589 g/mol. The van der Waals surface area contributed by atoms with Crippen LogP contribution in [0.3, 0.4) is 0 Å². The second kappa shape index (κ2) is 13.0. The molecule has 0 heterocycles. The van der Waals surface area contributed by atoms with Crippen LogP contribution in [-0.4, -0.2) is 37.7 Å². The van der Waals surface area contributed by atoms with Gasteiger partial charge >= 0.3 is 146 Å². The van der Waals surface area contributed by atoms with E-state index in [2.05, 4.69) is 0 Å². The molecule has 0 saturated carbocycles. The molecule has 0 radical (unpaired) electrons. The first kappa shape index (κ1) is 31.4. The zero-order chi connectivity index (χ0) is 13.5. The van der Waals surface area contributed by atoms with Crippen molar-refractivity contribution >= 4 is 37.7 Å². The van der Waals surface area contributed by atoms with Crippen molar-refractivity contribution in [1.29, 1.82) is 0 Å². The molecule has 0 amide bonds. The van der Waals surface area contributed by atoms with E-state index < -0.39 is 40.1 Å². The van der Waals surface area contributed by atoms with Gasteiger partial charge in [-0.15, -0.1) is 0 Å². The third-order valence-electron chi connectivity index (χ3n) is 0. The third-order valence-corrected chi connectivity index (χ3v) is 0. The summed E-state index contributed by atoms with van der Waals surface area (Å²) in [5, 5.41) is 0. The van der Waals surface area contributed by atoms with E-state index in [9.17, 15) is 0 Å². The molecule has 103 valence electrons. The first-order chi connectivity index (χ1) is 6.00. The summed E-state index contributed by atoms with van der Waals surface area (Å²) in [6.45, 7) is 0. The van der Waals surface area contributed by atoms with Gasteiger partial charge in [-0.3, -0.25) is 0 Å². The summed E-state index contributed by atoms with van der Waals surface area (Å²) >= 11 is -16.9. The third kappa shape index (κ3) is 1140. The number of hydrogen-bond donors (Lipinski definition) is 0. The molecule has 0 bridgehead atoms. The van der Waals surface area contributed by atoms with Gasteiger partial charge in [-0.05, 0) is 0 Å². The molecule has 17 heavy (non-hydrogen) atoms. The van der Waals surface area contributed by atoms with Gasteiger partial charge in [0, 0.05) is 0 Å². The quantitative estimate of drug-likeness (QED) is 0.240. The first-order valence-corrected chi connectivity index (χ1v) is 7.63. The standard InChI is InChI=1S/Ca.3Mn.12O.Os/q+2;;;;;;;;;;6*-1;+4. The average molecular weight is 587 g/mol. The maximum atomic E-state index is 8.58. The van der Waals surface area contributed by atoms with E-state index in [0.29, 0.717) is 0 Å². The molecule has 12 nitrogen and oxygen atoms in total. The van der Waals surface area contributed by atoms with Crippen LogP contribution in [-0.2, 0) is 82.9 Å². The van der Waals surface area contributed by atoms with Crippen LogP contribution in [0.25, 0.3) is 0 Å². The van der Waals surface area contributed by atoms with Gasteiger partial charge < -0.3 is 0 Å². The van der Waals surface area contributed by atoms with Crippen molar-refractivity contribution in [2.75, 3.05) is 0 Å². The van der Waals surface area contributed by atoms with Gasteiger partial charge in [0.2, 0.25) is 0 Å². The first-order valence-electron chi connectivity index (χ1n) is 1.85. The summed E-state index contributed by atoms with van der Waals surface area (Å²) in [6, 6.07) is 0. The molecule has 0 N–H and O–H groups in total. The van der Waals surface area contributed by atoms with E-state index in [1.165, 1.54) is 0 Å². The van der Waals surface area contributed by atoms with Gasteiger partial charge in [0.1, 0.15) is 0 Å². The molecule has 0 aromatic carbocycles. The van der Waals surface area contributed by atoms with Crippen LogP contribution in [0.2, 0.25) is 0 Å². The van der Waals surface area contributed by atoms with Crippen molar-refractivity contribution in [1.82, 2.24) is 0 Å². The Morgan fingerprint density at radius 3 is 0.471 bits per heavy atom. The van der Waals surface area contributed by atoms with Crippen molar-refractivity contribution < 1.29 is 108 Å². The SMILES string of the molecule is [Ca+2].[O]=[Mn](=[O])([O-])[O-].[O]=[Mn](=[O])([O-])[O-].[O]=[Mn](=[O])([O-])[O-].[Os+4]. The van der Waals surface area contributed by atoms with Gasteiger partial charge in [0.25, 0.3) is 0 Å². The second-order valence-electron chi connectivity index (χ2n) is 1.13. The van der Waals surface area contributed by atoms with Crippen LogP contribution >= 0.6 is 0 Å². The van der Waals surface area contributed by atoms with E-state index in [1.807, 2.05) is 0 Å². The minimum absolute atomic E-state index is 0. The van der Waals surface area contributed by atoms with Crippen molar-refractivity contribution in [3.05, 3.63) is 0 Å². The predicted molar refractivity (Wildman–Crippen MR) is 9.87 cm³/mol. The van der Waals surface area contributed by atoms with Gasteiger partial charge in [0.15, 0.2) is 0 Å². The molecule has 0 unspecified atom stereocenters. The molecular formula is CaMn3O12Os. The molecule has 0 aromatic rings. The van der Waals surface area contributed by atoms with Crippen LogP contribution in [0.1, 0.15) is 0 Å². The molecule has 0 atom stereocenters. The van der Waals surface area contributed by atoms with Crippen molar-refractivity contribution in [2.45, 2.75) is 0 Å². The summed E-state index contributed by atoms with van der Waals surface area (Å²) in [7, 11) is 0. The maximum Gasteiger partial charge on any atom is 4.00 e. The Morgan fingerprint density at radius 1 is 0.471 bits per heavy atom. The summed E-state index contributed by atoms with van der Waals surface area (Å²) in [5.41, 5.74) is 0. The Balaban J connectivity index is -0.0000000400. The largest absolute Gasteiger partial charge is 4.00 e. The number of rotatable bonds is 0. The Labute approximate surface area is 144 Å². The summed E-state index contributed by atoms with van der Waals surface area (Å²) in [5.74, 6) is 0. The zero-order valence-corrected chi connectivity index (χ0v) is 15.4. The Bertz CT molecular complexity index is 343. The van der Waals surface area contributed by atoms with E-state index >= 15 is 0 Å². The molecule has 0 aromatic heterocycles. The van der Waals surface area contributed by atoms with E-state index in [1.54, 1.807) is 0 Å². The van der Waals surface area contributed by atoms with E-state index in [4.69, 9.17) is 48.1 Å². The summed E-state index contributed by atoms with van der Waals surface area (Å²) < 4.78 is 103. The molecular weight excluding hydrogens is 587 g/mol. The maximum absolute atomic E-state index is 8.58. The second-order valence-corrected chi connectivity index (χ2v) is 4.68. The van der Waals surface area contributed by atoms with Crippen LogP contribution in [0.15, 0.2) is 0 Å². The molecule has 0 rings (SSSR count). The molecule has 0 saturated heterocycles. The van der Waals surface area contributed by atoms with Gasteiger partial charge in [0.05, 0.1) is 0 Å². The number of hydrogen-bond acceptors (Lipinski definition) is 12. The molecule has 17 heteroatoms. The predicted octanol–water partition coefficient (Wildman–Crippen LogP) is -8.24. The van der Waals surface area contributed by atoms with Crippen molar-refractivity contribution in [2.24, 2.45) is 0 Å². The van der Waals surface area contributed by atoms with Crippen LogP contribution in [0, 0.1) is 0 Å². The Kier molecular flexibility index (Phi) is 24.1. The Morgan fingerprint density at radius 2 is 0.471 bits per heavy atom. The minimum Gasteiger partial charge on any atom is 4.00 e. The van der Waals surface area contributed by atoms with Crippen LogP contribution in [0.5, 0.6) is 0 Å².